The van der Waals surface area contributed by atoms with Gasteiger partial charge in [-0.15, -0.1) is 11.3 Å². The fourth-order valence-corrected chi connectivity index (χ4v) is 5.53. The van der Waals surface area contributed by atoms with Crippen LogP contribution in [0.25, 0.3) is 5.65 Å². The molecule has 1 fully saturated rings. The van der Waals surface area contributed by atoms with Gasteiger partial charge in [-0.25, -0.2) is 9.50 Å². The quantitative estimate of drug-likeness (QED) is 0.588. The van der Waals surface area contributed by atoms with Crippen LogP contribution in [0.4, 0.5) is 0 Å². The summed E-state index contributed by atoms with van der Waals surface area (Å²) in [7, 11) is 0. The van der Waals surface area contributed by atoms with E-state index in [-0.39, 0.29) is 11.9 Å². The van der Waals surface area contributed by atoms with Crippen LogP contribution in [-0.2, 0) is 17.8 Å². The third kappa shape index (κ3) is 4.67. The third-order valence-corrected chi connectivity index (χ3v) is 7.26. The third-order valence-electron chi connectivity index (χ3n) is 6.25. The summed E-state index contributed by atoms with van der Waals surface area (Å²) in [5, 5.41) is 10.1. The zero-order valence-corrected chi connectivity index (χ0v) is 20.1. The average molecular weight is 440 g/mol. The van der Waals surface area contributed by atoms with Crippen LogP contribution in [0.2, 0.25) is 0 Å². The molecule has 1 aliphatic rings. The summed E-state index contributed by atoms with van der Waals surface area (Å²) in [5.74, 6) is 0.0838. The lowest BCUT2D eigenvalue weighted by atomic mass is 10.1. The van der Waals surface area contributed by atoms with Gasteiger partial charge in [0.2, 0.25) is 5.91 Å². The van der Waals surface area contributed by atoms with Crippen molar-refractivity contribution < 1.29 is 4.79 Å². The van der Waals surface area contributed by atoms with Gasteiger partial charge in [0.1, 0.15) is 0 Å². The molecule has 3 aromatic heterocycles. The predicted molar refractivity (Wildman–Crippen MR) is 126 cm³/mol. The summed E-state index contributed by atoms with van der Waals surface area (Å²) in [5.41, 5.74) is 6.59. The molecule has 0 aliphatic carbocycles. The smallest absolute Gasteiger partial charge is 0.220 e. The molecule has 1 aliphatic heterocycles. The maximum Gasteiger partial charge on any atom is 0.220 e. The molecule has 0 radical (unpaired) electrons. The van der Waals surface area contributed by atoms with Crippen LogP contribution in [0.15, 0.2) is 17.5 Å². The lowest BCUT2D eigenvalue weighted by Gasteiger charge is -2.22. The van der Waals surface area contributed by atoms with Gasteiger partial charge in [0.15, 0.2) is 5.65 Å². The zero-order valence-electron chi connectivity index (χ0n) is 19.2. The Labute approximate surface area is 188 Å². The van der Waals surface area contributed by atoms with Crippen molar-refractivity contribution in [1.82, 2.24) is 24.8 Å². The van der Waals surface area contributed by atoms with E-state index in [1.54, 1.807) is 0 Å². The van der Waals surface area contributed by atoms with Gasteiger partial charge in [0, 0.05) is 41.3 Å². The van der Waals surface area contributed by atoms with Crippen LogP contribution >= 0.6 is 11.3 Å². The highest BCUT2D eigenvalue weighted by Crippen LogP contribution is 2.34. The van der Waals surface area contributed by atoms with Crippen molar-refractivity contribution in [1.29, 1.82) is 0 Å². The average Bonchev–Trinajstić information content (AvgIpc) is 3.42. The Kier molecular flexibility index (Phi) is 6.44. The Morgan fingerprint density at radius 2 is 2.13 bits per heavy atom. The van der Waals surface area contributed by atoms with Gasteiger partial charge in [-0.05, 0) is 83.0 Å². The minimum atomic E-state index is 0.0838. The molecule has 0 unspecified atom stereocenters. The van der Waals surface area contributed by atoms with Crippen molar-refractivity contribution in [2.24, 2.45) is 0 Å². The summed E-state index contributed by atoms with van der Waals surface area (Å²) in [6, 6.07) is 4.86. The second kappa shape index (κ2) is 9.09. The topological polar surface area (TPSA) is 62.5 Å². The fourth-order valence-electron chi connectivity index (χ4n) is 4.60. The SMILES string of the molecule is Cc1ccsc1CN1CCC[C@H]1c1cc2nc(C)c(CCC(=O)NC(C)C)c(C)n2n1. The minimum absolute atomic E-state index is 0.0838. The number of fused-ring (bicyclic) bond motifs is 1. The molecule has 1 saturated heterocycles. The lowest BCUT2D eigenvalue weighted by Crippen LogP contribution is -2.30. The molecule has 7 heteroatoms. The molecule has 6 nitrogen and oxygen atoms in total. The highest BCUT2D eigenvalue weighted by Gasteiger charge is 2.29. The van der Waals surface area contributed by atoms with Crippen molar-refractivity contribution in [2.75, 3.05) is 6.54 Å². The zero-order chi connectivity index (χ0) is 22.1. The summed E-state index contributed by atoms with van der Waals surface area (Å²) >= 11 is 1.84. The van der Waals surface area contributed by atoms with E-state index in [4.69, 9.17) is 10.1 Å². The normalized spacial score (nSPS) is 17.2. The molecule has 0 aromatic carbocycles. The van der Waals surface area contributed by atoms with E-state index in [9.17, 15) is 4.79 Å². The molecule has 166 valence electrons. The van der Waals surface area contributed by atoms with Gasteiger partial charge in [-0.3, -0.25) is 9.69 Å². The molecular formula is C24H33N5OS. The summed E-state index contributed by atoms with van der Waals surface area (Å²) in [6.45, 7) is 12.4. The van der Waals surface area contributed by atoms with Crippen LogP contribution in [0.5, 0.6) is 0 Å². The standard InChI is InChI=1S/C24H33N5OS/c1-15(2)25-24(30)9-8-19-17(4)26-23-13-20(27-29(23)18(19)5)21-7-6-11-28(21)14-22-16(3)10-12-31-22/h10,12-13,15,21H,6-9,11,14H2,1-5H3,(H,25,30)/t21-/m0/s1. The number of likely N-dealkylation sites (tertiary alicyclic amines) is 1. The molecular weight excluding hydrogens is 406 g/mol. The maximum atomic E-state index is 12.1. The van der Waals surface area contributed by atoms with Crippen molar-refractivity contribution in [3.05, 3.63) is 50.6 Å². The Morgan fingerprint density at radius 3 is 2.84 bits per heavy atom. The fraction of sp³-hybridized carbons (Fsp3) is 0.542. The number of nitrogens with zero attached hydrogens (tertiary/aromatic N) is 4. The van der Waals surface area contributed by atoms with Gasteiger partial charge >= 0.3 is 0 Å². The number of aromatic nitrogens is 3. The van der Waals surface area contributed by atoms with Crippen LogP contribution in [0.1, 0.15) is 72.2 Å². The molecule has 4 heterocycles. The van der Waals surface area contributed by atoms with Crippen LogP contribution < -0.4 is 5.32 Å². The van der Waals surface area contributed by atoms with Gasteiger partial charge in [-0.1, -0.05) is 0 Å². The number of hydrogen-bond donors (Lipinski definition) is 1. The van der Waals surface area contributed by atoms with Gasteiger partial charge in [0.25, 0.3) is 0 Å². The van der Waals surface area contributed by atoms with Crippen molar-refractivity contribution in [3.8, 4) is 0 Å². The van der Waals surface area contributed by atoms with E-state index < -0.39 is 0 Å². The molecule has 0 spiro atoms. The Bertz CT molecular complexity index is 1080. The van der Waals surface area contributed by atoms with E-state index in [2.05, 4.69) is 41.6 Å². The Morgan fingerprint density at radius 1 is 1.32 bits per heavy atom. The monoisotopic (exact) mass is 439 g/mol. The van der Waals surface area contributed by atoms with Gasteiger partial charge < -0.3 is 5.32 Å². The van der Waals surface area contributed by atoms with Gasteiger partial charge in [-0.2, -0.15) is 5.10 Å². The molecule has 31 heavy (non-hydrogen) atoms. The minimum Gasteiger partial charge on any atom is -0.354 e. The number of rotatable bonds is 7. The number of amides is 1. The van der Waals surface area contributed by atoms with Gasteiger partial charge in [0.05, 0.1) is 11.7 Å². The summed E-state index contributed by atoms with van der Waals surface area (Å²) < 4.78 is 1.98. The van der Waals surface area contributed by atoms with E-state index in [1.807, 2.05) is 36.6 Å². The second-order valence-corrected chi connectivity index (χ2v) is 9.98. The van der Waals surface area contributed by atoms with Crippen molar-refractivity contribution in [3.63, 3.8) is 0 Å². The number of aryl methyl sites for hydroxylation is 3. The van der Waals surface area contributed by atoms with Crippen molar-refractivity contribution in [2.45, 2.75) is 78.9 Å². The maximum absolute atomic E-state index is 12.1. The number of carbonyl (C=O) groups is 1. The molecule has 3 aromatic rings. The van der Waals surface area contributed by atoms with Crippen LogP contribution in [-0.4, -0.2) is 38.0 Å². The molecule has 4 rings (SSSR count). The summed E-state index contributed by atoms with van der Waals surface area (Å²) in [4.78, 5) is 21.0. The molecule has 1 amide bonds. The first-order valence-corrected chi connectivity index (χ1v) is 12.1. The number of hydrogen-bond acceptors (Lipinski definition) is 5. The van der Waals surface area contributed by atoms with E-state index in [1.165, 1.54) is 16.9 Å². The predicted octanol–water partition coefficient (Wildman–Crippen LogP) is 4.51. The van der Waals surface area contributed by atoms with Crippen LogP contribution in [0, 0.1) is 20.8 Å². The van der Waals surface area contributed by atoms with Crippen LogP contribution in [0.3, 0.4) is 0 Å². The van der Waals surface area contributed by atoms with Crippen molar-refractivity contribution >= 4 is 22.9 Å². The second-order valence-electron chi connectivity index (χ2n) is 8.98. The molecule has 1 N–H and O–H groups in total. The Hall–Kier alpha value is -2.25. The van der Waals surface area contributed by atoms with E-state index >= 15 is 0 Å². The number of thiophene rings is 1. The molecule has 1 atom stereocenters. The molecule has 0 bridgehead atoms. The first-order valence-electron chi connectivity index (χ1n) is 11.3. The highest BCUT2D eigenvalue weighted by molar-refractivity contribution is 7.10. The first-order chi connectivity index (χ1) is 14.8. The number of carbonyl (C=O) groups excluding carboxylic acids is 1. The largest absolute Gasteiger partial charge is 0.354 e. The summed E-state index contributed by atoms with van der Waals surface area (Å²) in [6.07, 6.45) is 3.48. The first kappa shape index (κ1) is 22.0. The highest BCUT2D eigenvalue weighted by atomic mass is 32.1. The van der Waals surface area contributed by atoms with E-state index in [0.717, 1.165) is 47.8 Å². The lowest BCUT2D eigenvalue weighted by molar-refractivity contribution is -0.121. The molecule has 0 saturated carbocycles. The number of nitrogens with one attached hydrogen (secondary N) is 1. The Balaban J connectivity index is 1.57. The van der Waals surface area contributed by atoms with E-state index in [0.29, 0.717) is 18.9 Å².